The quantitative estimate of drug-likeness (QED) is 0.411. The Morgan fingerprint density at radius 3 is 2.09 bits per heavy atom. The summed E-state index contributed by atoms with van der Waals surface area (Å²) in [5, 5.41) is 16.0. The number of aliphatic carboxylic acids is 1. The molecule has 0 aliphatic heterocycles. The standard InChI is InChI=1S/C27H42ClN3O4/c1-16(2)20(14-17(3)25(34)35)31(10)24(33)22(26(4,5)6)30-23(32)21(29-9)27(7,8)18-12-11-13-19(28)15-18/h11-16,20-22,29H,1-10H3,(H,30,32)(H,34,35)/b17-14+/t20-,21-,22?/m1/s1. The van der Waals surface area contributed by atoms with E-state index in [1.165, 1.54) is 11.8 Å². The average Bonchev–Trinajstić information content (AvgIpc) is 2.73. The van der Waals surface area contributed by atoms with Crippen molar-refractivity contribution in [1.82, 2.24) is 15.5 Å². The van der Waals surface area contributed by atoms with Gasteiger partial charge in [-0.15, -0.1) is 0 Å². The van der Waals surface area contributed by atoms with Crippen LogP contribution in [-0.2, 0) is 19.8 Å². The van der Waals surface area contributed by atoms with Gasteiger partial charge in [-0.3, -0.25) is 9.59 Å². The van der Waals surface area contributed by atoms with Crippen molar-refractivity contribution in [3.05, 3.63) is 46.5 Å². The molecule has 1 aromatic rings. The van der Waals surface area contributed by atoms with Crippen LogP contribution < -0.4 is 10.6 Å². The minimum absolute atomic E-state index is 0.0265. The molecule has 0 aliphatic rings. The number of amides is 2. The molecule has 0 aliphatic carbocycles. The van der Waals surface area contributed by atoms with Crippen molar-refractivity contribution in [2.75, 3.05) is 14.1 Å². The molecule has 7 nitrogen and oxygen atoms in total. The van der Waals surface area contributed by atoms with Crippen LogP contribution in [0.25, 0.3) is 0 Å². The zero-order valence-electron chi connectivity index (χ0n) is 22.7. The number of rotatable bonds is 10. The average molecular weight is 508 g/mol. The van der Waals surface area contributed by atoms with E-state index < -0.39 is 34.9 Å². The van der Waals surface area contributed by atoms with Crippen LogP contribution in [0.15, 0.2) is 35.9 Å². The van der Waals surface area contributed by atoms with E-state index in [0.29, 0.717) is 5.02 Å². The maximum absolute atomic E-state index is 13.7. The van der Waals surface area contributed by atoms with Crippen molar-refractivity contribution in [2.24, 2.45) is 11.3 Å². The molecule has 2 amide bonds. The summed E-state index contributed by atoms with van der Waals surface area (Å²) in [5.41, 5.74) is -0.155. The van der Waals surface area contributed by atoms with E-state index in [1.807, 2.05) is 66.7 Å². The number of hydrogen-bond donors (Lipinski definition) is 3. The molecule has 0 saturated heterocycles. The lowest BCUT2D eigenvalue weighted by Crippen LogP contribution is -2.61. The molecule has 0 bridgehead atoms. The molecule has 0 heterocycles. The fourth-order valence-electron chi connectivity index (χ4n) is 4.18. The second kappa shape index (κ2) is 12.0. The number of carboxylic acids is 1. The summed E-state index contributed by atoms with van der Waals surface area (Å²) in [6, 6.07) is 5.48. The SMILES string of the molecule is CN[C@H](C(=O)NC(C(=O)N(C)[C@H](/C=C(\C)C(=O)O)C(C)C)C(C)(C)C)C(C)(C)c1cccc(Cl)c1. The highest BCUT2D eigenvalue weighted by atomic mass is 35.5. The lowest BCUT2D eigenvalue weighted by Gasteiger charge is -2.40. The molecular weight excluding hydrogens is 466 g/mol. The molecule has 0 fully saturated rings. The van der Waals surface area contributed by atoms with Gasteiger partial charge in [-0.1, -0.05) is 78.3 Å². The summed E-state index contributed by atoms with van der Waals surface area (Å²) in [6.07, 6.45) is 1.59. The van der Waals surface area contributed by atoms with Crippen molar-refractivity contribution in [3.63, 3.8) is 0 Å². The van der Waals surface area contributed by atoms with Crippen molar-refractivity contribution in [3.8, 4) is 0 Å². The first-order valence-corrected chi connectivity index (χ1v) is 12.2. The lowest BCUT2D eigenvalue weighted by atomic mass is 9.76. The molecule has 0 saturated carbocycles. The topological polar surface area (TPSA) is 98.7 Å². The Hall–Kier alpha value is -2.38. The molecule has 1 rings (SSSR count). The lowest BCUT2D eigenvalue weighted by molar-refractivity contribution is -0.141. The van der Waals surface area contributed by atoms with E-state index in [2.05, 4.69) is 10.6 Å². The number of nitrogens with one attached hydrogen (secondary N) is 2. The van der Waals surface area contributed by atoms with Crippen LogP contribution in [0.2, 0.25) is 5.02 Å². The van der Waals surface area contributed by atoms with Crippen LogP contribution in [0.3, 0.4) is 0 Å². The molecule has 3 atom stereocenters. The Bertz CT molecular complexity index is 950. The van der Waals surface area contributed by atoms with Gasteiger partial charge in [-0.05, 0) is 43.0 Å². The summed E-state index contributed by atoms with van der Waals surface area (Å²) in [6.45, 7) is 14.9. The summed E-state index contributed by atoms with van der Waals surface area (Å²) in [7, 11) is 3.36. The number of hydrogen-bond acceptors (Lipinski definition) is 4. The number of carbonyl (C=O) groups excluding carboxylic acids is 2. The number of nitrogens with zero attached hydrogens (tertiary/aromatic N) is 1. The van der Waals surface area contributed by atoms with Gasteiger partial charge in [-0.2, -0.15) is 0 Å². The minimum Gasteiger partial charge on any atom is -0.478 e. The number of likely N-dealkylation sites (N-methyl/N-ethyl adjacent to an activating group) is 2. The molecule has 3 N–H and O–H groups in total. The highest BCUT2D eigenvalue weighted by Gasteiger charge is 2.41. The van der Waals surface area contributed by atoms with Crippen LogP contribution in [0, 0.1) is 11.3 Å². The molecule has 0 aromatic heterocycles. The van der Waals surface area contributed by atoms with Gasteiger partial charge in [0.1, 0.15) is 6.04 Å². The van der Waals surface area contributed by atoms with E-state index in [1.54, 1.807) is 26.2 Å². The number of carboxylic acid groups (broad SMARTS) is 1. The molecule has 35 heavy (non-hydrogen) atoms. The van der Waals surface area contributed by atoms with E-state index in [4.69, 9.17) is 11.6 Å². The molecule has 0 spiro atoms. The third kappa shape index (κ3) is 7.80. The van der Waals surface area contributed by atoms with E-state index in [0.717, 1.165) is 5.56 Å². The van der Waals surface area contributed by atoms with Crippen LogP contribution in [0.1, 0.15) is 61.0 Å². The van der Waals surface area contributed by atoms with Crippen LogP contribution >= 0.6 is 11.6 Å². The largest absolute Gasteiger partial charge is 0.478 e. The van der Waals surface area contributed by atoms with Gasteiger partial charge in [0, 0.05) is 23.1 Å². The number of carbonyl (C=O) groups is 3. The second-order valence-electron chi connectivity index (χ2n) is 11.1. The van der Waals surface area contributed by atoms with E-state index in [9.17, 15) is 19.5 Å². The fourth-order valence-corrected chi connectivity index (χ4v) is 4.37. The Labute approximate surface area is 215 Å². The summed E-state index contributed by atoms with van der Waals surface area (Å²) in [5.74, 6) is -1.65. The maximum Gasteiger partial charge on any atom is 0.331 e. The van der Waals surface area contributed by atoms with Crippen molar-refractivity contribution < 1.29 is 19.5 Å². The zero-order chi connectivity index (χ0) is 27.3. The predicted molar refractivity (Wildman–Crippen MR) is 142 cm³/mol. The molecule has 196 valence electrons. The van der Waals surface area contributed by atoms with Crippen LogP contribution in [-0.4, -0.2) is 60.0 Å². The van der Waals surface area contributed by atoms with Gasteiger partial charge in [0.15, 0.2) is 0 Å². The maximum atomic E-state index is 13.7. The van der Waals surface area contributed by atoms with Gasteiger partial charge in [0.2, 0.25) is 11.8 Å². The number of halogens is 1. The zero-order valence-corrected chi connectivity index (χ0v) is 23.4. The summed E-state index contributed by atoms with van der Waals surface area (Å²) in [4.78, 5) is 40.2. The Kier molecular flexibility index (Phi) is 10.5. The van der Waals surface area contributed by atoms with Gasteiger partial charge in [0.25, 0.3) is 0 Å². The Balaban J connectivity index is 3.32. The van der Waals surface area contributed by atoms with E-state index in [-0.39, 0.29) is 23.3 Å². The first kappa shape index (κ1) is 30.7. The number of benzene rings is 1. The van der Waals surface area contributed by atoms with Crippen molar-refractivity contribution >= 4 is 29.4 Å². The highest BCUT2D eigenvalue weighted by molar-refractivity contribution is 6.30. The molecule has 8 heteroatoms. The molecular formula is C27H42ClN3O4. The first-order valence-electron chi connectivity index (χ1n) is 11.9. The Morgan fingerprint density at radius 2 is 1.66 bits per heavy atom. The first-order chi connectivity index (χ1) is 15.9. The Morgan fingerprint density at radius 1 is 1.09 bits per heavy atom. The van der Waals surface area contributed by atoms with Gasteiger partial charge in [0.05, 0.1) is 12.1 Å². The van der Waals surface area contributed by atoms with Crippen LogP contribution in [0.4, 0.5) is 0 Å². The predicted octanol–water partition coefficient (Wildman–Crippen LogP) is 4.25. The fraction of sp³-hybridized carbons (Fsp3) is 0.593. The molecule has 1 aromatic carbocycles. The molecule has 0 radical (unpaired) electrons. The van der Waals surface area contributed by atoms with Gasteiger partial charge >= 0.3 is 5.97 Å². The summed E-state index contributed by atoms with van der Waals surface area (Å²) >= 11 is 6.20. The third-order valence-electron chi connectivity index (χ3n) is 6.48. The minimum atomic E-state index is -1.03. The van der Waals surface area contributed by atoms with Gasteiger partial charge in [-0.25, -0.2) is 4.79 Å². The van der Waals surface area contributed by atoms with Crippen molar-refractivity contribution in [1.29, 1.82) is 0 Å². The van der Waals surface area contributed by atoms with Gasteiger partial charge < -0.3 is 20.6 Å². The molecule has 1 unspecified atom stereocenters. The van der Waals surface area contributed by atoms with E-state index >= 15 is 0 Å². The normalized spacial score (nSPS) is 15.4. The van der Waals surface area contributed by atoms with Crippen LogP contribution in [0.5, 0.6) is 0 Å². The monoisotopic (exact) mass is 507 g/mol. The summed E-state index contributed by atoms with van der Waals surface area (Å²) < 4.78 is 0. The van der Waals surface area contributed by atoms with Crippen molar-refractivity contribution in [2.45, 2.75) is 78.9 Å². The third-order valence-corrected chi connectivity index (χ3v) is 6.71. The smallest absolute Gasteiger partial charge is 0.331 e. The second-order valence-corrected chi connectivity index (χ2v) is 11.5. The highest BCUT2D eigenvalue weighted by Crippen LogP contribution is 2.30.